The quantitative estimate of drug-likeness (QED) is 0.490. The molecule has 4 rings (SSSR count). The van der Waals surface area contributed by atoms with Crippen LogP contribution in [0.15, 0.2) is 30.9 Å². The Hall–Kier alpha value is -3.53. The number of aryl methyl sites for hydroxylation is 1. The van der Waals surface area contributed by atoms with Crippen LogP contribution in [0, 0.1) is 5.92 Å². The SMILES string of the molecule is Cl.[2H]C([2H])([2H])n1cnc(-c2ccnc(Nc3cc(NC(=O)C4CC4)ncc3C(=O)CC)c2OC)n1. The number of ketones is 1. The minimum Gasteiger partial charge on any atom is -0.492 e. The van der Waals surface area contributed by atoms with Crippen molar-refractivity contribution in [2.24, 2.45) is 12.9 Å². The van der Waals surface area contributed by atoms with Crippen LogP contribution >= 0.6 is 12.4 Å². The maximum Gasteiger partial charge on any atom is 0.228 e. The summed E-state index contributed by atoms with van der Waals surface area (Å²) in [5, 5.41) is 9.89. The highest BCUT2D eigenvalue weighted by Gasteiger charge is 2.30. The minimum atomic E-state index is -2.47. The molecule has 1 aliphatic carbocycles. The van der Waals surface area contributed by atoms with Gasteiger partial charge in [0, 0.05) is 41.9 Å². The third kappa shape index (κ3) is 4.86. The first-order chi connectivity index (χ1) is 16.2. The first-order valence-electron chi connectivity index (χ1n) is 11.3. The van der Waals surface area contributed by atoms with Crippen molar-refractivity contribution >= 4 is 41.4 Å². The number of anilines is 3. The van der Waals surface area contributed by atoms with E-state index in [0.717, 1.165) is 23.9 Å². The Kier molecular flexibility index (Phi) is 5.83. The van der Waals surface area contributed by atoms with Gasteiger partial charge in [-0.15, -0.1) is 12.4 Å². The van der Waals surface area contributed by atoms with Crippen LogP contribution in [-0.4, -0.2) is 43.5 Å². The van der Waals surface area contributed by atoms with Gasteiger partial charge in [0.15, 0.2) is 23.2 Å². The molecule has 32 heavy (non-hydrogen) atoms. The Morgan fingerprint density at radius 2 is 2.12 bits per heavy atom. The van der Waals surface area contributed by atoms with Crippen molar-refractivity contribution in [1.82, 2.24) is 24.7 Å². The zero-order chi connectivity index (χ0) is 24.5. The largest absolute Gasteiger partial charge is 0.492 e. The van der Waals surface area contributed by atoms with Crippen molar-refractivity contribution in [1.29, 1.82) is 0 Å². The predicted molar refractivity (Wildman–Crippen MR) is 122 cm³/mol. The third-order valence-electron chi connectivity index (χ3n) is 4.82. The van der Waals surface area contributed by atoms with Crippen molar-refractivity contribution in [3.8, 4) is 17.1 Å². The summed E-state index contributed by atoms with van der Waals surface area (Å²) >= 11 is 0. The van der Waals surface area contributed by atoms with Gasteiger partial charge >= 0.3 is 0 Å². The van der Waals surface area contributed by atoms with Crippen LogP contribution < -0.4 is 15.4 Å². The molecule has 1 amide bonds. The Morgan fingerprint density at radius 3 is 2.78 bits per heavy atom. The lowest BCUT2D eigenvalue weighted by Crippen LogP contribution is -2.15. The summed E-state index contributed by atoms with van der Waals surface area (Å²) < 4.78 is 28.8. The number of hydrogen-bond acceptors (Lipinski definition) is 8. The smallest absolute Gasteiger partial charge is 0.228 e. The summed E-state index contributed by atoms with van der Waals surface area (Å²) in [4.78, 5) is 37.3. The number of ether oxygens (including phenoxy) is 1. The lowest BCUT2D eigenvalue weighted by Gasteiger charge is -2.15. The zero-order valence-corrected chi connectivity index (χ0v) is 18.3. The van der Waals surface area contributed by atoms with E-state index in [-0.39, 0.29) is 53.8 Å². The van der Waals surface area contributed by atoms with Gasteiger partial charge in [0.1, 0.15) is 12.1 Å². The van der Waals surface area contributed by atoms with Gasteiger partial charge in [-0.25, -0.2) is 15.0 Å². The number of amides is 1. The molecule has 1 aliphatic rings. The molecule has 0 unspecified atom stereocenters. The van der Waals surface area contributed by atoms with Gasteiger partial charge in [0.25, 0.3) is 0 Å². The second kappa shape index (κ2) is 9.73. The van der Waals surface area contributed by atoms with Crippen molar-refractivity contribution < 1.29 is 18.4 Å². The molecular weight excluding hydrogens is 434 g/mol. The van der Waals surface area contributed by atoms with Crippen molar-refractivity contribution in [3.05, 3.63) is 36.4 Å². The number of carbonyl (C=O) groups excluding carboxylic acids is 2. The maximum atomic E-state index is 12.5. The average molecular weight is 461 g/mol. The summed E-state index contributed by atoms with van der Waals surface area (Å²) in [6.07, 6.45) is 5.96. The topological polar surface area (TPSA) is 124 Å². The number of nitrogens with one attached hydrogen (secondary N) is 2. The normalized spacial score (nSPS) is 14.4. The van der Waals surface area contributed by atoms with Crippen LogP contribution in [0.1, 0.15) is 40.7 Å². The molecule has 2 N–H and O–H groups in total. The highest BCUT2D eigenvalue weighted by Crippen LogP contribution is 2.36. The fraction of sp³-hybridized carbons (Fsp3) is 0.333. The molecule has 0 bridgehead atoms. The van der Waals surface area contributed by atoms with Crippen LogP contribution in [0.2, 0.25) is 0 Å². The van der Waals surface area contributed by atoms with Crippen molar-refractivity contribution in [2.75, 3.05) is 17.7 Å². The highest BCUT2D eigenvalue weighted by molar-refractivity contribution is 6.02. The summed E-state index contributed by atoms with van der Waals surface area (Å²) in [6, 6.07) is 3.16. The molecule has 0 aromatic carbocycles. The first-order valence-corrected chi connectivity index (χ1v) is 9.78. The summed E-state index contributed by atoms with van der Waals surface area (Å²) in [7, 11) is 1.43. The van der Waals surface area contributed by atoms with Gasteiger partial charge in [-0.2, -0.15) is 5.10 Å². The third-order valence-corrected chi connectivity index (χ3v) is 4.82. The summed E-state index contributed by atoms with van der Waals surface area (Å²) in [6.45, 7) is -0.734. The van der Waals surface area contributed by atoms with Gasteiger partial charge in [0.05, 0.1) is 23.9 Å². The fourth-order valence-corrected chi connectivity index (χ4v) is 3.05. The number of pyridine rings is 2. The second-order valence-electron chi connectivity index (χ2n) is 7.03. The van der Waals surface area contributed by atoms with Crippen LogP contribution in [0.5, 0.6) is 5.75 Å². The Balaban J connectivity index is 0.00000342. The summed E-state index contributed by atoms with van der Waals surface area (Å²) in [5.74, 6) is 0.679. The van der Waals surface area contributed by atoms with E-state index in [1.807, 2.05) is 0 Å². The Labute approximate surface area is 195 Å². The average Bonchev–Trinajstić information content (AvgIpc) is 3.54. The number of carbonyl (C=O) groups is 2. The van der Waals surface area contributed by atoms with E-state index in [0.29, 0.717) is 22.6 Å². The standard InChI is InChI=1S/C21H23N7O3.ClH/c1-4-16(29)14-10-23-17(26-21(30)12-5-6-12)9-15(14)25-20-18(31-3)13(7-8-22-20)19-24-11-28(2)27-19;/h7-12H,4-6H2,1-3H3,(H2,22,23,25,26,30);1H/i2D3;. The lowest BCUT2D eigenvalue weighted by molar-refractivity contribution is -0.117. The molecule has 10 nitrogen and oxygen atoms in total. The molecule has 0 atom stereocenters. The molecule has 0 radical (unpaired) electrons. The second-order valence-corrected chi connectivity index (χ2v) is 7.03. The van der Waals surface area contributed by atoms with E-state index in [4.69, 9.17) is 8.85 Å². The van der Waals surface area contributed by atoms with Crippen LogP contribution in [0.4, 0.5) is 17.3 Å². The van der Waals surface area contributed by atoms with E-state index in [9.17, 15) is 9.59 Å². The van der Waals surface area contributed by atoms with Crippen LogP contribution in [0.3, 0.4) is 0 Å². The molecule has 1 saturated carbocycles. The number of methoxy groups -OCH3 is 1. The predicted octanol–water partition coefficient (Wildman–Crippen LogP) is 3.39. The lowest BCUT2D eigenvalue weighted by atomic mass is 10.1. The molecule has 0 aliphatic heterocycles. The molecule has 168 valence electrons. The molecule has 1 fully saturated rings. The summed E-state index contributed by atoms with van der Waals surface area (Å²) in [5.41, 5.74) is 1.12. The van der Waals surface area contributed by atoms with Crippen molar-refractivity contribution in [2.45, 2.75) is 26.2 Å². The first kappa shape index (κ1) is 19.2. The molecule has 0 spiro atoms. The molecule has 3 aromatic rings. The van der Waals surface area contributed by atoms with Crippen molar-refractivity contribution in [3.63, 3.8) is 0 Å². The van der Waals surface area contributed by atoms with Gasteiger partial charge in [0.2, 0.25) is 5.91 Å². The monoisotopic (exact) mass is 460 g/mol. The number of rotatable bonds is 8. The number of hydrogen-bond donors (Lipinski definition) is 2. The van der Waals surface area contributed by atoms with Crippen LogP contribution in [-0.2, 0) is 11.8 Å². The number of halogens is 1. The van der Waals surface area contributed by atoms with Gasteiger partial charge in [-0.1, -0.05) is 6.92 Å². The fourth-order valence-electron chi connectivity index (χ4n) is 3.05. The van der Waals surface area contributed by atoms with Gasteiger partial charge < -0.3 is 15.4 Å². The number of aromatic nitrogens is 5. The Morgan fingerprint density at radius 1 is 1.31 bits per heavy atom. The molecule has 3 aromatic heterocycles. The van der Waals surface area contributed by atoms with E-state index in [2.05, 4.69) is 30.7 Å². The Bertz CT molecular complexity index is 1250. The number of Topliss-reactive ketones (excluding diaryl/α,β-unsaturated/α-hetero) is 1. The van der Waals surface area contributed by atoms with Gasteiger partial charge in [-0.3, -0.25) is 14.3 Å². The molecular formula is C21H24ClN7O3. The van der Waals surface area contributed by atoms with E-state index in [1.54, 1.807) is 19.1 Å². The minimum absolute atomic E-state index is 0. The van der Waals surface area contributed by atoms with E-state index in [1.165, 1.54) is 19.5 Å². The molecule has 11 heteroatoms. The number of nitrogens with zero attached hydrogens (tertiary/aromatic N) is 5. The molecule has 0 saturated heterocycles. The van der Waals surface area contributed by atoms with Gasteiger partial charge in [-0.05, 0) is 18.9 Å². The van der Waals surface area contributed by atoms with Crippen LogP contribution in [0.25, 0.3) is 11.4 Å². The maximum absolute atomic E-state index is 12.5. The van der Waals surface area contributed by atoms with E-state index < -0.39 is 6.98 Å². The van der Waals surface area contributed by atoms with E-state index >= 15 is 0 Å². The zero-order valence-electron chi connectivity index (χ0n) is 20.5. The molecule has 3 heterocycles. The highest BCUT2D eigenvalue weighted by atomic mass is 35.5.